The number of guanidine groups is 2. The summed E-state index contributed by atoms with van der Waals surface area (Å²) in [6.45, 7) is 0. The van der Waals surface area contributed by atoms with E-state index in [9.17, 15) is 0 Å². The molecule has 1 fully saturated rings. The summed E-state index contributed by atoms with van der Waals surface area (Å²) >= 11 is 0. The Morgan fingerprint density at radius 2 is 2.17 bits per heavy atom. The van der Waals surface area contributed by atoms with Gasteiger partial charge in [0.15, 0.2) is 11.9 Å². The number of aliphatic imine (C=N–C) groups is 1. The van der Waals surface area contributed by atoms with Crippen molar-refractivity contribution in [3.05, 3.63) is 0 Å². The van der Waals surface area contributed by atoms with E-state index in [0.717, 1.165) is 12.8 Å². The van der Waals surface area contributed by atoms with E-state index in [1.165, 1.54) is 0 Å². The minimum atomic E-state index is -0.0845. The molecule has 0 spiro atoms. The van der Waals surface area contributed by atoms with Crippen molar-refractivity contribution in [2.24, 2.45) is 10.7 Å². The highest BCUT2D eigenvalue weighted by Crippen LogP contribution is 2.22. The zero-order valence-corrected chi connectivity index (χ0v) is 7.74. The lowest BCUT2D eigenvalue weighted by atomic mass is 10.7. The van der Waals surface area contributed by atoms with Crippen molar-refractivity contribution >= 4 is 24.3 Å². The third kappa shape index (κ3) is 4.02. The van der Waals surface area contributed by atoms with Crippen LogP contribution in [0, 0.1) is 5.41 Å². The van der Waals surface area contributed by atoms with Gasteiger partial charge in [0.1, 0.15) is 0 Å². The van der Waals surface area contributed by atoms with Gasteiger partial charge in [-0.3, -0.25) is 10.7 Å². The molecular formula is C6H14ClN5. The molecule has 1 aliphatic rings. The molecule has 0 atom stereocenters. The van der Waals surface area contributed by atoms with Crippen molar-refractivity contribution in [3.8, 4) is 0 Å². The number of hydrogen-bond acceptors (Lipinski definition) is 2. The number of halogens is 1. The Labute approximate surface area is 77.7 Å². The maximum absolute atomic E-state index is 6.94. The topological polar surface area (TPSA) is 86.3 Å². The minimum absolute atomic E-state index is 0. The Kier molecular flexibility index (Phi) is 4.43. The Bertz CT molecular complexity index is 186. The molecule has 0 heterocycles. The smallest absolute Gasteiger partial charge is 0.198 e. The van der Waals surface area contributed by atoms with Crippen LogP contribution in [0.3, 0.4) is 0 Å². The molecule has 70 valence electrons. The quantitative estimate of drug-likeness (QED) is 0.337. The van der Waals surface area contributed by atoms with Crippen LogP contribution in [0.4, 0.5) is 0 Å². The molecular weight excluding hydrogens is 178 g/mol. The zero-order valence-electron chi connectivity index (χ0n) is 6.92. The fraction of sp³-hybridized carbons (Fsp3) is 0.667. The first-order valence-electron chi connectivity index (χ1n) is 3.59. The maximum Gasteiger partial charge on any atom is 0.198 e. The highest BCUT2D eigenvalue weighted by Gasteiger charge is 2.20. The van der Waals surface area contributed by atoms with E-state index in [1.54, 1.807) is 7.05 Å². The summed E-state index contributed by atoms with van der Waals surface area (Å²) in [5.41, 5.74) is 5.12. The largest absolute Gasteiger partial charge is 0.370 e. The third-order valence-electron chi connectivity index (χ3n) is 1.35. The van der Waals surface area contributed by atoms with Crippen LogP contribution in [0.1, 0.15) is 12.8 Å². The highest BCUT2D eigenvalue weighted by molar-refractivity contribution is 5.96. The van der Waals surface area contributed by atoms with E-state index in [4.69, 9.17) is 11.1 Å². The summed E-state index contributed by atoms with van der Waals surface area (Å²) in [7, 11) is 1.75. The summed E-state index contributed by atoms with van der Waals surface area (Å²) in [4.78, 5) is 4.22. The van der Waals surface area contributed by atoms with Crippen LogP contribution in [0.15, 0.2) is 4.99 Å². The SMILES string of the molecule is CN/C(=N\C1CC1)NC(=N)N.Cl. The molecule has 0 aromatic carbocycles. The normalized spacial score (nSPS) is 16.2. The van der Waals surface area contributed by atoms with Crippen LogP contribution in [-0.4, -0.2) is 25.0 Å². The summed E-state index contributed by atoms with van der Waals surface area (Å²) in [5.74, 6) is 0.499. The summed E-state index contributed by atoms with van der Waals surface area (Å²) in [6, 6.07) is 0.435. The average molecular weight is 192 g/mol. The molecule has 0 aromatic heterocycles. The van der Waals surface area contributed by atoms with Gasteiger partial charge in [-0.1, -0.05) is 0 Å². The molecule has 0 aromatic rings. The molecule has 1 rings (SSSR count). The van der Waals surface area contributed by atoms with Gasteiger partial charge in [0.2, 0.25) is 0 Å². The summed E-state index contributed by atoms with van der Waals surface area (Å²) in [6.07, 6.45) is 2.29. The van der Waals surface area contributed by atoms with E-state index in [1.807, 2.05) is 0 Å². The molecule has 0 saturated heterocycles. The average Bonchev–Trinajstić information content (AvgIpc) is 2.69. The lowest BCUT2D eigenvalue weighted by molar-refractivity contribution is 0.979. The van der Waals surface area contributed by atoms with Crippen molar-refractivity contribution in [2.75, 3.05) is 7.05 Å². The first-order valence-corrected chi connectivity index (χ1v) is 3.59. The molecule has 0 amide bonds. The maximum atomic E-state index is 6.94. The fourth-order valence-corrected chi connectivity index (χ4v) is 0.673. The van der Waals surface area contributed by atoms with Gasteiger partial charge < -0.3 is 11.1 Å². The molecule has 0 bridgehead atoms. The van der Waals surface area contributed by atoms with Crippen molar-refractivity contribution in [1.82, 2.24) is 10.6 Å². The number of rotatable bonds is 1. The van der Waals surface area contributed by atoms with Crippen LogP contribution >= 0.6 is 12.4 Å². The van der Waals surface area contributed by atoms with Crippen LogP contribution in [-0.2, 0) is 0 Å². The standard InChI is InChI=1S/C6H13N5.ClH/c1-9-6(11-5(7)8)10-4-2-3-4;/h4H,2-3H2,1H3,(H5,7,8,9,10,11);1H. The van der Waals surface area contributed by atoms with Gasteiger partial charge in [-0.25, -0.2) is 4.99 Å². The van der Waals surface area contributed by atoms with E-state index in [-0.39, 0.29) is 18.4 Å². The van der Waals surface area contributed by atoms with Crippen LogP contribution in [0.25, 0.3) is 0 Å². The van der Waals surface area contributed by atoms with Crippen molar-refractivity contribution in [1.29, 1.82) is 5.41 Å². The Hall–Kier alpha value is -0.970. The van der Waals surface area contributed by atoms with Crippen molar-refractivity contribution in [3.63, 3.8) is 0 Å². The molecule has 12 heavy (non-hydrogen) atoms. The van der Waals surface area contributed by atoms with Gasteiger partial charge in [0.25, 0.3) is 0 Å². The molecule has 1 saturated carbocycles. The Morgan fingerprint density at radius 1 is 1.58 bits per heavy atom. The van der Waals surface area contributed by atoms with E-state index >= 15 is 0 Å². The van der Waals surface area contributed by atoms with E-state index in [0.29, 0.717) is 12.0 Å². The molecule has 6 heteroatoms. The fourth-order valence-electron chi connectivity index (χ4n) is 0.673. The highest BCUT2D eigenvalue weighted by atomic mass is 35.5. The first-order chi connectivity index (χ1) is 5.22. The van der Waals surface area contributed by atoms with E-state index < -0.39 is 0 Å². The second kappa shape index (κ2) is 4.82. The number of hydrogen-bond donors (Lipinski definition) is 4. The third-order valence-corrected chi connectivity index (χ3v) is 1.35. The van der Waals surface area contributed by atoms with Crippen LogP contribution in [0.2, 0.25) is 0 Å². The Balaban J connectivity index is 0.00000121. The van der Waals surface area contributed by atoms with Gasteiger partial charge >= 0.3 is 0 Å². The van der Waals surface area contributed by atoms with E-state index in [2.05, 4.69) is 15.6 Å². The lowest BCUT2D eigenvalue weighted by Crippen LogP contribution is -2.42. The van der Waals surface area contributed by atoms with Crippen LogP contribution in [0.5, 0.6) is 0 Å². The van der Waals surface area contributed by atoms with Crippen molar-refractivity contribution < 1.29 is 0 Å². The van der Waals surface area contributed by atoms with Gasteiger partial charge in [-0.2, -0.15) is 0 Å². The molecule has 0 aliphatic heterocycles. The monoisotopic (exact) mass is 191 g/mol. The minimum Gasteiger partial charge on any atom is -0.370 e. The number of nitrogens with zero attached hydrogens (tertiary/aromatic N) is 1. The number of nitrogens with two attached hydrogens (primary N) is 1. The van der Waals surface area contributed by atoms with Gasteiger partial charge in [0, 0.05) is 7.05 Å². The molecule has 5 nitrogen and oxygen atoms in total. The summed E-state index contributed by atoms with van der Waals surface area (Å²) < 4.78 is 0. The lowest BCUT2D eigenvalue weighted by Gasteiger charge is -2.05. The second-order valence-electron chi connectivity index (χ2n) is 2.50. The van der Waals surface area contributed by atoms with Gasteiger partial charge in [-0.05, 0) is 12.8 Å². The second-order valence-corrected chi connectivity index (χ2v) is 2.50. The van der Waals surface area contributed by atoms with Gasteiger partial charge in [0.05, 0.1) is 6.04 Å². The predicted octanol–water partition coefficient (Wildman–Crippen LogP) is -0.371. The van der Waals surface area contributed by atoms with Crippen LogP contribution < -0.4 is 16.4 Å². The molecule has 0 radical (unpaired) electrons. The molecule has 0 unspecified atom stereocenters. The first kappa shape index (κ1) is 11.0. The Morgan fingerprint density at radius 3 is 2.50 bits per heavy atom. The zero-order chi connectivity index (χ0) is 8.27. The van der Waals surface area contributed by atoms with Gasteiger partial charge in [-0.15, -0.1) is 12.4 Å². The summed E-state index contributed by atoms with van der Waals surface area (Å²) in [5, 5.41) is 12.4. The predicted molar refractivity (Wildman–Crippen MR) is 51.8 cm³/mol. The molecule has 5 N–H and O–H groups in total. The van der Waals surface area contributed by atoms with Crippen molar-refractivity contribution in [2.45, 2.75) is 18.9 Å². The molecule has 1 aliphatic carbocycles. The number of nitrogens with one attached hydrogen (secondary N) is 3.